The molecule has 0 heterocycles. The maximum absolute atomic E-state index is 2.22. The zero-order valence-corrected chi connectivity index (χ0v) is 18.2. The molecule has 0 fully saturated rings. The third kappa shape index (κ3) is 28.6. The fraction of sp³-hybridized carbons (Fsp3) is 0.500. The van der Waals surface area contributed by atoms with Crippen molar-refractivity contribution in [3.05, 3.63) is 71.8 Å². The minimum atomic E-state index is 1.14. The Morgan fingerprint density at radius 1 is 0.583 bits per heavy atom. The first-order valence-electron chi connectivity index (χ1n) is 9.80. The van der Waals surface area contributed by atoms with Crippen molar-refractivity contribution in [3.63, 3.8) is 0 Å². The van der Waals surface area contributed by atoms with Crippen LogP contribution in [0.1, 0.15) is 79.9 Å². The molecule has 0 saturated carbocycles. The van der Waals surface area contributed by atoms with E-state index in [9.17, 15) is 0 Å². The van der Waals surface area contributed by atoms with E-state index in [4.69, 9.17) is 0 Å². The fourth-order valence-corrected chi connectivity index (χ4v) is 1.32. The second-order valence-electron chi connectivity index (χ2n) is 4.20. The Morgan fingerprint density at radius 3 is 1.12 bits per heavy atom. The largest absolute Gasteiger partial charge is 0.0683 e. The van der Waals surface area contributed by atoms with E-state index < -0.39 is 0 Å². The van der Waals surface area contributed by atoms with Crippen LogP contribution in [0.5, 0.6) is 0 Å². The lowest BCUT2D eigenvalue weighted by molar-refractivity contribution is 1.09. The molecule has 0 saturated heterocycles. The highest BCUT2D eigenvalue weighted by molar-refractivity contribution is 5.21. The van der Waals surface area contributed by atoms with E-state index in [2.05, 4.69) is 52.0 Å². The van der Waals surface area contributed by atoms with Gasteiger partial charge in [-0.05, 0) is 18.9 Å². The maximum atomic E-state index is 2.22. The van der Waals surface area contributed by atoms with Crippen LogP contribution in [-0.2, 0) is 6.42 Å². The molecule has 0 atom stereocenters. The monoisotopic (exact) mass is 332 g/mol. The van der Waals surface area contributed by atoms with Gasteiger partial charge in [0, 0.05) is 0 Å². The van der Waals surface area contributed by atoms with Gasteiger partial charge in [-0.1, -0.05) is 135 Å². The summed E-state index contributed by atoms with van der Waals surface area (Å²) in [6.07, 6.45) is 2.39. The molecule has 2 rings (SSSR count). The van der Waals surface area contributed by atoms with Crippen molar-refractivity contribution in [2.24, 2.45) is 0 Å². The van der Waals surface area contributed by atoms with Gasteiger partial charge in [0.2, 0.25) is 0 Å². The predicted octanol–water partition coefficient (Wildman–Crippen LogP) is 8.74. The van der Waals surface area contributed by atoms with Crippen molar-refractivity contribution in [2.75, 3.05) is 0 Å². The molecular formula is C24H44. The summed E-state index contributed by atoms with van der Waals surface area (Å²) >= 11 is 0. The minimum absolute atomic E-state index is 1.14. The Kier molecular flexibility index (Phi) is 41.9. The quantitative estimate of drug-likeness (QED) is 0.489. The Bertz CT molecular complexity index is 350. The summed E-state index contributed by atoms with van der Waals surface area (Å²) in [6, 6.07) is 20.6. The van der Waals surface area contributed by atoms with E-state index in [1.54, 1.807) is 0 Å². The van der Waals surface area contributed by atoms with E-state index in [0.717, 1.165) is 6.42 Å². The van der Waals surface area contributed by atoms with Crippen molar-refractivity contribution in [3.8, 4) is 0 Å². The molecule has 0 heteroatoms. The molecular weight excluding hydrogens is 288 g/mol. The Balaban J connectivity index is -0.000000116. The SMILES string of the molecule is CC.CC.CC.CCC.CCc1cccc(C)c1.c1ccccc1. The molecule has 0 bridgehead atoms. The first kappa shape index (κ1) is 30.3. The third-order valence-electron chi connectivity index (χ3n) is 2.16. The molecule has 0 aliphatic heterocycles. The second-order valence-corrected chi connectivity index (χ2v) is 4.20. The maximum Gasteiger partial charge on any atom is -0.0307 e. The minimum Gasteiger partial charge on any atom is -0.0683 e. The summed E-state index contributed by atoms with van der Waals surface area (Å²) in [5, 5.41) is 0. The van der Waals surface area contributed by atoms with Crippen LogP contribution < -0.4 is 0 Å². The van der Waals surface area contributed by atoms with Crippen LogP contribution in [0, 0.1) is 6.92 Å². The van der Waals surface area contributed by atoms with Crippen molar-refractivity contribution < 1.29 is 0 Å². The molecule has 24 heavy (non-hydrogen) atoms. The first-order chi connectivity index (χ1) is 11.7. The van der Waals surface area contributed by atoms with Gasteiger partial charge in [0.15, 0.2) is 0 Å². The summed E-state index contributed by atoms with van der Waals surface area (Å²) in [5.74, 6) is 0. The standard InChI is InChI=1S/C9H12.C6H6.C3H8.3C2H6/c1-3-9-6-4-5-8(2)7-9;1-2-4-6-5-3-1;1-3-2;3*1-2/h4-7H,3H2,1-2H3;1-6H;3H2,1-2H3;3*1-2H3. The highest BCUT2D eigenvalue weighted by Gasteiger charge is 1.85. The molecule has 0 radical (unpaired) electrons. The van der Waals surface area contributed by atoms with Crippen LogP contribution >= 0.6 is 0 Å². The summed E-state index contributed by atoms with van der Waals surface area (Å²) in [6.45, 7) is 20.5. The zero-order chi connectivity index (χ0) is 19.6. The summed E-state index contributed by atoms with van der Waals surface area (Å²) in [4.78, 5) is 0. The van der Waals surface area contributed by atoms with Gasteiger partial charge in [0.05, 0.1) is 0 Å². The molecule has 140 valence electrons. The smallest absolute Gasteiger partial charge is 0.0307 e. The second kappa shape index (κ2) is 33.1. The van der Waals surface area contributed by atoms with Crippen molar-refractivity contribution in [1.82, 2.24) is 0 Å². The normalized spacial score (nSPS) is 7.08. The number of hydrogen-bond donors (Lipinski definition) is 0. The van der Waals surface area contributed by atoms with E-state index in [1.165, 1.54) is 17.5 Å². The van der Waals surface area contributed by atoms with Crippen LogP contribution in [0.4, 0.5) is 0 Å². The van der Waals surface area contributed by atoms with E-state index >= 15 is 0 Å². The molecule has 0 unspecified atom stereocenters. The van der Waals surface area contributed by atoms with Crippen molar-refractivity contribution in [1.29, 1.82) is 0 Å². The number of aryl methyl sites for hydroxylation is 2. The predicted molar refractivity (Wildman–Crippen MR) is 117 cm³/mol. The number of hydrogen-bond acceptors (Lipinski definition) is 0. The van der Waals surface area contributed by atoms with Crippen LogP contribution in [0.2, 0.25) is 0 Å². The summed E-state index contributed by atoms with van der Waals surface area (Å²) < 4.78 is 0. The number of rotatable bonds is 1. The zero-order valence-electron chi connectivity index (χ0n) is 18.2. The van der Waals surface area contributed by atoms with Crippen molar-refractivity contribution >= 4 is 0 Å². The topological polar surface area (TPSA) is 0 Å². The van der Waals surface area contributed by atoms with Gasteiger partial charge in [0.25, 0.3) is 0 Å². The summed E-state index contributed by atoms with van der Waals surface area (Å²) in [7, 11) is 0. The van der Waals surface area contributed by atoms with Gasteiger partial charge in [-0.3, -0.25) is 0 Å². The Hall–Kier alpha value is -1.56. The number of benzene rings is 2. The molecule has 0 amide bonds. The van der Waals surface area contributed by atoms with Gasteiger partial charge in [-0.15, -0.1) is 0 Å². The highest BCUT2D eigenvalue weighted by atomic mass is 13.9. The molecule has 2 aromatic rings. The van der Waals surface area contributed by atoms with Crippen LogP contribution in [0.15, 0.2) is 60.7 Å². The molecule has 2 aromatic carbocycles. The Morgan fingerprint density at radius 2 is 0.917 bits per heavy atom. The lowest BCUT2D eigenvalue weighted by atomic mass is 10.1. The first-order valence-corrected chi connectivity index (χ1v) is 9.80. The lowest BCUT2D eigenvalue weighted by Gasteiger charge is -1.95. The van der Waals surface area contributed by atoms with Gasteiger partial charge >= 0.3 is 0 Å². The van der Waals surface area contributed by atoms with Gasteiger partial charge in [0.1, 0.15) is 0 Å². The molecule has 0 aromatic heterocycles. The lowest BCUT2D eigenvalue weighted by Crippen LogP contribution is -1.78. The van der Waals surface area contributed by atoms with Gasteiger partial charge in [-0.2, -0.15) is 0 Å². The molecule has 0 spiro atoms. The highest BCUT2D eigenvalue weighted by Crippen LogP contribution is 2.03. The fourth-order valence-electron chi connectivity index (χ4n) is 1.32. The van der Waals surface area contributed by atoms with Crippen LogP contribution in [0.25, 0.3) is 0 Å². The third-order valence-corrected chi connectivity index (χ3v) is 2.16. The molecule has 0 aliphatic carbocycles. The summed E-state index contributed by atoms with van der Waals surface area (Å²) in [5.41, 5.74) is 2.78. The molecule has 0 aliphatic rings. The van der Waals surface area contributed by atoms with Gasteiger partial charge in [-0.25, -0.2) is 0 Å². The molecule has 0 N–H and O–H groups in total. The van der Waals surface area contributed by atoms with Crippen molar-refractivity contribution in [2.45, 2.75) is 82.1 Å². The van der Waals surface area contributed by atoms with E-state index in [-0.39, 0.29) is 0 Å². The van der Waals surface area contributed by atoms with Gasteiger partial charge < -0.3 is 0 Å². The average molecular weight is 333 g/mol. The van der Waals surface area contributed by atoms with Crippen LogP contribution in [-0.4, -0.2) is 0 Å². The average Bonchev–Trinajstić information content (AvgIpc) is 2.69. The van der Waals surface area contributed by atoms with E-state index in [0.29, 0.717) is 0 Å². The Labute approximate surface area is 154 Å². The molecule has 0 nitrogen and oxygen atoms in total. The van der Waals surface area contributed by atoms with E-state index in [1.807, 2.05) is 77.9 Å². The van der Waals surface area contributed by atoms with Crippen LogP contribution in [0.3, 0.4) is 0 Å².